The van der Waals surface area contributed by atoms with E-state index in [1.807, 2.05) is 0 Å². The van der Waals surface area contributed by atoms with Gasteiger partial charge in [0.1, 0.15) is 22.7 Å². The predicted molar refractivity (Wildman–Crippen MR) is 260 cm³/mol. The first-order valence-electron chi connectivity index (χ1n) is 21.6. The quantitative estimate of drug-likeness (QED) is 0.166. The van der Waals surface area contributed by atoms with Crippen LogP contribution in [0.3, 0.4) is 0 Å². The Morgan fingerprint density at radius 3 is 1.06 bits per heavy atom. The van der Waals surface area contributed by atoms with Crippen molar-refractivity contribution < 1.29 is 0 Å². The molecular formula is C56H33BN6. The fourth-order valence-electron chi connectivity index (χ4n) is 11.3. The highest BCUT2D eigenvalue weighted by molar-refractivity contribution is 7.00. The zero-order valence-corrected chi connectivity index (χ0v) is 33.8. The summed E-state index contributed by atoms with van der Waals surface area (Å²) in [5.74, 6) is 1.86. The molecule has 63 heavy (non-hydrogen) atoms. The molecule has 290 valence electrons. The van der Waals surface area contributed by atoms with Crippen molar-refractivity contribution in [3.05, 3.63) is 200 Å². The Balaban J connectivity index is 1.08. The van der Waals surface area contributed by atoms with Crippen molar-refractivity contribution in [3.63, 3.8) is 0 Å². The van der Waals surface area contributed by atoms with Crippen LogP contribution in [0.5, 0.6) is 0 Å². The molecule has 0 aliphatic carbocycles. The molecule has 7 heteroatoms. The van der Waals surface area contributed by atoms with Crippen molar-refractivity contribution in [3.8, 4) is 45.5 Å². The molecule has 13 aromatic rings. The van der Waals surface area contributed by atoms with Crippen molar-refractivity contribution in [2.24, 2.45) is 0 Å². The monoisotopic (exact) mass is 800 g/mol. The summed E-state index contributed by atoms with van der Waals surface area (Å²) in [7, 11) is 0. The first-order chi connectivity index (χ1) is 31.3. The van der Waals surface area contributed by atoms with E-state index in [-0.39, 0.29) is 6.71 Å². The van der Waals surface area contributed by atoms with Crippen LogP contribution in [0.25, 0.3) is 111 Å². The van der Waals surface area contributed by atoms with Crippen molar-refractivity contribution in [1.82, 2.24) is 28.2 Å². The summed E-state index contributed by atoms with van der Waals surface area (Å²) >= 11 is 0. The van der Waals surface area contributed by atoms with Gasteiger partial charge in [-0.2, -0.15) is 0 Å². The van der Waals surface area contributed by atoms with Crippen LogP contribution in [0.1, 0.15) is 0 Å². The van der Waals surface area contributed by atoms with Crippen LogP contribution < -0.4 is 16.4 Å². The third kappa shape index (κ3) is 4.23. The number of hydrogen-bond donors (Lipinski definition) is 0. The van der Waals surface area contributed by atoms with Gasteiger partial charge >= 0.3 is 0 Å². The summed E-state index contributed by atoms with van der Waals surface area (Å²) in [5, 5.41) is 4.93. The molecule has 15 rings (SSSR count). The summed E-state index contributed by atoms with van der Waals surface area (Å²) in [4.78, 5) is 11.4. The molecule has 0 spiro atoms. The number of imidazole rings is 2. The zero-order valence-electron chi connectivity index (χ0n) is 33.8. The fraction of sp³-hybridized carbons (Fsp3) is 0. The topological polar surface area (TPSA) is 45.5 Å². The molecule has 0 bridgehead atoms. The molecule has 0 saturated carbocycles. The van der Waals surface area contributed by atoms with Gasteiger partial charge in [-0.25, -0.2) is 9.97 Å². The van der Waals surface area contributed by atoms with Gasteiger partial charge in [0.15, 0.2) is 0 Å². The average Bonchev–Trinajstić information content (AvgIpc) is 4.12. The Bertz CT molecular complexity index is 3730. The second kappa shape index (κ2) is 12.1. The smallest absolute Gasteiger partial charge is 0.252 e. The Morgan fingerprint density at radius 2 is 0.667 bits per heavy atom. The highest BCUT2D eigenvalue weighted by atomic mass is 15.1. The summed E-state index contributed by atoms with van der Waals surface area (Å²) in [6.45, 7) is -0.0683. The minimum Gasteiger partial charge on any atom is -0.307 e. The predicted octanol–water partition coefficient (Wildman–Crippen LogP) is 11.0. The van der Waals surface area contributed by atoms with E-state index in [9.17, 15) is 0 Å². The summed E-state index contributed by atoms with van der Waals surface area (Å²) in [6.07, 6.45) is 0. The van der Waals surface area contributed by atoms with E-state index in [1.54, 1.807) is 0 Å². The zero-order chi connectivity index (χ0) is 40.9. The van der Waals surface area contributed by atoms with Gasteiger partial charge < -0.3 is 9.13 Å². The summed E-state index contributed by atoms with van der Waals surface area (Å²) in [5.41, 5.74) is 19.2. The van der Waals surface area contributed by atoms with E-state index in [0.717, 1.165) is 67.6 Å². The first kappa shape index (κ1) is 33.3. The molecule has 0 radical (unpaired) electrons. The Hall–Kier alpha value is -8.42. The number of hydrogen-bond acceptors (Lipinski definition) is 2. The van der Waals surface area contributed by atoms with Gasteiger partial charge in [-0.05, 0) is 64.9 Å². The molecule has 0 N–H and O–H groups in total. The van der Waals surface area contributed by atoms with E-state index in [2.05, 4.69) is 218 Å². The summed E-state index contributed by atoms with van der Waals surface area (Å²) in [6, 6.07) is 72.6. The van der Waals surface area contributed by atoms with E-state index in [0.29, 0.717) is 0 Å². The van der Waals surface area contributed by atoms with Gasteiger partial charge in [-0.3, -0.25) is 9.13 Å². The molecule has 6 heterocycles. The molecular weight excluding hydrogens is 767 g/mol. The second-order valence-corrected chi connectivity index (χ2v) is 16.9. The highest BCUT2D eigenvalue weighted by Gasteiger charge is 2.42. The van der Waals surface area contributed by atoms with E-state index in [1.165, 1.54) is 60.0 Å². The average molecular weight is 801 g/mol. The fourth-order valence-corrected chi connectivity index (χ4v) is 11.3. The number of rotatable bonds is 4. The number of benzene rings is 9. The van der Waals surface area contributed by atoms with E-state index in [4.69, 9.17) is 9.97 Å². The Kier molecular flexibility index (Phi) is 6.41. The third-order valence-electron chi connectivity index (χ3n) is 13.8. The van der Waals surface area contributed by atoms with E-state index < -0.39 is 0 Å². The van der Waals surface area contributed by atoms with Crippen LogP contribution in [0.2, 0.25) is 0 Å². The van der Waals surface area contributed by atoms with Crippen molar-refractivity contribution in [1.29, 1.82) is 0 Å². The van der Waals surface area contributed by atoms with Gasteiger partial charge in [-0.1, -0.05) is 152 Å². The molecule has 0 atom stereocenters. The van der Waals surface area contributed by atoms with Crippen LogP contribution >= 0.6 is 0 Å². The van der Waals surface area contributed by atoms with Crippen molar-refractivity contribution in [2.75, 3.05) is 0 Å². The van der Waals surface area contributed by atoms with Crippen molar-refractivity contribution in [2.45, 2.75) is 0 Å². The molecule has 2 aliphatic rings. The number of nitrogens with zero attached hydrogens (tertiary/aromatic N) is 6. The van der Waals surface area contributed by atoms with E-state index >= 15 is 0 Å². The lowest BCUT2D eigenvalue weighted by atomic mass is 9.34. The SMILES string of the molecule is c1ccc(-c2nc3c(-n4c5ccccc5c5ccccc54)ccc4c3n2-c2cccc3c2B4c2ccc(-n4c5ccccc5c5ccccc54)c4nc(-c5ccccc5)n-3c24)cc1. The number of aromatic nitrogens is 6. The third-order valence-corrected chi connectivity index (χ3v) is 13.8. The molecule has 6 nitrogen and oxygen atoms in total. The van der Waals surface area contributed by atoms with Crippen molar-refractivity contribution >= 4 is 88.8 Å². The Morgan fingerprint density at radius 1 is 0.302 bits per heavy atom. The minimum absolute atomic E-state index is 0.0683. The molecule has 0 amide bonds. The standard InChI is InChI=1S/C56H33BN6/c1-3-16-34(17-4-1)55-58-51-48(60-42-24-11-7-20-36(42)37-21-8-12-25-43(37)60)32-30-40-53(51)62(55)46-28-15-29-47-50(46)57(40)41-31-33-49(52-54(41)63(47)56(59-52)35-18-5-2-6-19-35)61-44-26-13-9-22-38(44)39-23-10-14-27-45(39)61/h1-33H. The van der Waals surface area contributed by atoms with Gasteiger partial charge in [0.2, 0.25) is 0 Å². The molecule has 9 aromatic carbocycles. The van der Waals surface area contributed by atoms with Gasteiger partial charge in [0, 0.05) is 44.0 Å². The largest absolute Gasteiger partial charge is 0.307 e. The lowest BCUT2D eigenvalue weighted by molar-refractivity contribution is 1.07. The maximum Gasteiger partial charge on any atom is 0.252 e. The minimum atomic E-state index is -0.0683. The van der Waals surface area contributed by atoms with Gasteiger partial charge in [0.05, 0.1) is 44.5 Å². The lowest BCUT2D eigenvalue weighted by Gasteiger charge is -2.33. The Labute approximate surface area is 361 Å². The van der Waals surface area contributed by atoms with Crippen LogP contribution in [0.15, 0.2) is 200 Å². The number of para-hydroxylation sites is 4. The summed E-state index contributed by atoms with van der Waals surface area (Å²) < 4.78 is 9.73. The molecule has 2 aliphatic heterocycles. The van der Waals surface area contributed by atoms with Crippen LogP contribution in [0.4, 0.5) is 0 Å². The maximum atomic E-state index is 5.72. The van der Waals surface area contributed by atoms with Gasteiger partial charge in [0.25, 0.3) is 6.71 Å². The second-order valence-electron chi connectivity index (χ2n) is 16.9. The molecule has 0 unspecified atom stereocenters. The van der Waals surface area contributed by atoms with Crippen LogP contribution in [-0.2, 0) is 0 Å². The maximum absolute atomic E-state index is 5.72. The molecule has 0 saturated heterocycles. The van der Waals surface area contributed by atoms with Gasteiger partial charge in [-0.15, -0.1) is 0 Å². The first-order valence-corrected chi connectivity index (χ1v) is 21.6. The number of fused-ring (bicyclic) bond motifs is 10. The lowest BCUT2D eigenvalue weighted by Crippen LogP contribution is -2.59. The highest BCUT2D eigenvalue weighted by Crippen LogP contribution is 2.42. The van der Waals surface area contributed by atoms with Crippen LogP contribution in [-0.4, -0.2) is 34.9 Å². The van der Waals surface area contributed by atoms with Crippen LogP contribution in [0, 0.1) is 0 Å². The normalized spacial score (nSPS) is 12.7. The molecule has 0 fully saturated rings. The molecule has 4 aromatic heterocycles.